The van der Waals surface area contributed by atoms with Gasteiger partial charge in [0.25, 0.3) is 5.69 Å². The van der Waals surface area contributed by atoms with E-state index in [2.05, 4.69) is 21.8 Å². The third kappa shape index (κ3) is 3.07. The maximum atomic E-state index is 11.5. The van der Waals surface area contributed by atoms with Crippen LogP contribution in [0, 0.1) is 24.0 Å². The fraction of sp³-hybridized carbons (Fsp3) is 0.412. The number of rotatable bonds is 3. The molecule has 7 heteroatoms. The summed E-state index contributed by atoms with van der Waals surface area (Å²) in [5.74, 6) is 0.740. The summed E-state index contributed by atoms with van der Waals surface area (Å²) in [4.78, 5) is 22.1. The molecule has 1 aliphatic rings. The highest BCUT2D eigenvalue weighted by molar-refractivity contribution is 5.77. The van der Waals surface area contributed by atoms with E-state index in [4.69, 9.17) is 4.74 Å². The summed E-state index contributed by atoms with van der Waals surface area (Å²) in [6, 6.07) is 5.68. The van der Waals surface area contributed by atoms with E-state index in [1.807, 2.05) is 19.1 Å². The largest absolute Gasteiger partial charge is 0.377 e. The van der Waals surface area contributed by atoms with Crippen LogP contribution in [0.3, 0.4) is 0 Å². The molecule has 126 valence electrons. The van der Waals surface area contributed by atoms with Gasteiger partial charge in [-0.25, -0.2) is 4.98 Å². The molecule has 1 fully saturated rings. The number of anilines is 1. The van der Waals surface area contributed by atoms with E-state index in [0.29, 0.717) is 24.5 Å². The first kappa shape index (κ1) is 16.3. The van der Waals surface area contributed by atoms with Crippen LogP contribution in [0.5, 0.6) is 0 Å². The van der Waals surface area contributed by atoms with Crippen molar-refractivity contribution in [3.63, 3.8) is 0 Å². The molecular formula is C17H20N4O3. The van der Waals surface area contributed by atoms with Crippen LogP contribution in [0.2, 0.25) is 0 Å². The highest BCUT2D eigenvalue weighted by Gasteiger charge is 2.26. The molecule has 2 aromatic heterocycles. The van der Waals surface area contributed by atoms with Crippen molar-refractivity contribution >= 4 is 11.5 Å². The summed E-state index contributed by atoms with van der Waals surface area (Å²) in [5.41, 5.74) is 2.58. The Bertz CT molecular complexity index is 761. The first-order valence-electron chi connectivity index (χ1n) is 7.91. The van der Waals surface area contributed by atoms with Crippen LogP contribution in [-0.4, -0.2) is 40.7 Å². The van der Waals surface area contributed by atoms with Crippen molar-refractivity contribution in [1.29, 1.82) is 0 Å². The van der Waals surface area contributed by atoms with Gasteiger partial charge in [0.15, 0.2) is 0 Å². The Kier molecular flexibility index (Phi) is 4.44. The number of nitrogens with zero attached hydrogens (tertiary/aromatic N) is 4. The molecule has 0 unspecified atom stereocenters. The first-order valence-corrected chi connectivity index (χ1v) is 7.91. The standard InChI is InChI=1S/C17H20N4O3/c1-11-4-5-14(9-18-11)15-8-16(19-13(3)17(15)21(22)23)20-6-7-24-10-12(20)2/h4-5,8-9,12H,6-7,10H2,1-3H3/t12-/m1/s1. The maximum Gasteiger partial charge on any atom is 0.298 e. The number of hydrogen-bond acceptors (Lipinski definition) is 6. The molecule has 0 saturated carbocycles. The lowest BCUT2D eigenvalue weighted by molar-refractivity contribution is -0.385. The van der Waals surface area contributed by atoms with Gasteiger partial charge in [-0.1, -0.05) is 6.07 Å². The quantitative estimate of drug-likeness (QED) is 0.636. The van der Waals surface area contributed by atoms with Crippen LogP contribution < -0.4 is 4.90 Å². The van der Waals surface area contributed by atoms with Crippen molar-refractivity contribution in [1.82, 2.24) is 9.97 Å². The van der Waals surface area contributed by atoms with Crippen molar-refractivity contribution in [2.45, 2.75) is 26.8 Å². The average molecular weight is 328 g/mol. The molecule has 7 nitrogen and oxygen atoms in total. The third-order valence-corrected chi connectivity index (χ3v) is 4.22. The summed E-state index contributed by atoms with van der Waals surface area (Å²) < 4.78 is 5.47. The molecule has 0 aromatic carbocycles. The van der Waals surface area contributed by atoms with Crippen molar-refractivity contribution in [3.8, 4) is 11.1 Å². The van der Waals surface area contributed by atoms with Crippen molar-refractivity contribution in [2.24, 2.45) is 0 Å². The minimum Gasteiger partial charge on any atom is -0.377 e. The Hall–Kier alpha value is -2.54. The summed E-state index contributed by atoms with van der Waals surface area (Å²) >= 11 is 0. The predicted octanol–water partition coefficient (Wildman–Crippen LogP) is 2.89. The Morgan fingerprint density at radius 1 is 1.38 bits per heavy atom. The van der Waals surface area contributed by atoms with E-state index < -0.39 is 0 Å². The normalized spacial score (nSPS) is 17.8. The number of ether oxygens (including phenoxy) is 1. The second-order valence-electron chi connectivity index (χ2n) is 6.02. The molecule has 0 bridgehead atoms. The summed E-state index contributed by atoms with van der Waals surface area (Å²) in [6.07, 6.45) is 1.67. The van der Waals surface area contributed by atoms with Crippen LogP contribution in [-0.2, 0) is 4.74 Å². The van der Waals surface area contributed by atoms with E-state index in [9.17, 15) is 10.1 Å². The van der Waals surface area contributed by atoms with Crippen molar-refractivity contribution in [3.05, 3.63) is 45.9 Å². The molecule has 1 atom stereocenters. The molecule has 1 aliphatic heterocycles. The average Bonchev–Trinajstić information content (AvgIpc) is 2.55. The van der Waals surface area contributed by atoms with E-state index in [1.54, 1.807) is 19.2 Å². The number of aryl methyl sites for hydroxylation is 2. The van der Waals surface area contributed by atoms with Crippen LogP contribution in [0.15, 0.2) is 24.4 Å². The van der Waals surface area contributed by atoms with Gasteiger partial charge in [-0.05, 0) is 32.9 Å². The minimum atomic E-state index is -0.371. The smallest absolute Gasteiger partial charge is 0.298 e. The SMILES string of the molecule is Cc1ccc(-c2cc(N3CCOC[C@H]3C)nc(C)c2[N+](=O)[O-])cn1. The number of nitro groups is 1. The summed E-state index contributed by atoms with van der Waals surface area (Å²) in [5, 5.41) is 11.5. The number of aromatic nitrogens is 2. The number of hydrogen-bond donors (Lipinski definition) is 0. The van der Waals surface area contributed by atoms with Crippen LogP contribution in [0.1, 0.15) is 18.3 Å². The fourth-order valence-electron chi connectivity index (χ4n) is 2.94. The van der Waals surface area contributed by atoms with E-state index in [0.717, 1.165) is 23.6 Å². The van der Waals surface area contributed by atoms with Gasteiger partial charge in [-0.2, -0.15) is 0 Å². The topological polar surface area (TPSA) is 81.4 Å². The lowest BCUT2D eigenvalue weighted by Crippen LogP contribution is -2.44. The molecule has 3 rings (SSSR count). The van der Waals surface area contributed by atoms with Gasteiger partial charge in [0.05, 0.1) is 29.7 Å². The molecule has 0 aliphatic carbocycles. The van der Waals surface area contributed by atoms with E-state index in [-0.39, 0.29) is 16.7 Å². The van der Waals surface area contributed by atoms with E-state index >= 15 is 0 Å². The zero-order chi connectivity index (χ0) is 17.3. The zero-order valence-electron chi connectivity index (χ0n) is 14.0. The second kappa shape index (κ2) is 6.52. The maximum absolute atomic E-state index is 11.5. The molecule has 24 heavy (non-hydrogen) atoms. The Morgan fingerprint density at radius 3 is 2.79 bits per heavy atom. The lowest BCUT2D eigenvalue weighted by Gasteiger charge is -2.34. The van der Waals surface area contributed by atoms with Crippen LogP contribution in [0.25, 0.3) is 11.1 Å². The third-order valence-electron chi connectivity index (χ3n) is 4.22. The highest BCUT2D eigenvalue weighted by Crippen LogP contribution is 2.35. The minimum absolute atomic E-state index is 0.0327. The van der Waals surface area contributed by atoms with Gasteiger partial charge < -0.3 is 9.64 Å². The molecule has 0 spiro atoms. The zero-order valence-corrected chi connectivity index (χ0v) is 14.0. The summed E-state index contributed by atoms with van der Waals surface area (Å²) in [7, 11) is 0. The number of morpholine rings is 1. The first-order chi connectivity index (χ1) is 11.5. The van der Waals surface area contributed by atoms with Gasteiger partial charge in [0.1, 0.15) is 11.5 Å². The molecule has 0 amide bonds. The Balaban J connectivity index is 2.14. The molecular weight excluding hydrogens is 308 g/mol. The Morgan fingerprint density at radius 2 is 2.17 bits per heavy atom. The van der Waals surface area contributed by atoms with Crippen molar-refractivity contribution < 1.29 is 9.66 Å². The van der Waals surface area contributed by atoms with Crippen LogP contribution >= 0.6 is 0 Å². The molecule has 3 heterocycles. The van der Waals surface area contributed by atoms with E-state index in [1.165, 1.54) is 0 Å². The Labute approximate surface area is 140 Å². The van der Waals surface area contributed by atoms with Gasteiger partial charge in [0.2, 0.25) is 0 Å². The molecule has 0 radical (unpaired) electrons. The fourth-order valence-corrected chi connectivity index (χ4v) is 2.94. The summed E-state index contributed by atoms with van der Waals surface area (Å²) in [6.45, 7) is 7.60. The second-order valence-corrected chi connectivity index (χ2v) is 6.02. The van der Waals surface area contributed by atoms with Gasteiger partial charge >= 0.3 is 0 Å². The molecule has 2 aromatic rings. The predicted molar refractivity (Wildman–Crippen MR) is 91.2 cm³/mol. The number of pyridine rings is 2. The van der Waals surface area contributed by atoms with Gasteiger partial charge in [-0.15, -0.1) is 0 Å². The molecule has 0 N–H and O–H groups in total. The monoisotopic (exact) mass is 328 g/mol. The van der Waals surface area contributed by atoms with Gasteiger partial charge in [0, 0.05) is 24.0 Å². The highest BCUT2D eigenvalue weighted by atomic mass is 16.6. The lowest BCUT2D eigenvalue weighted by atomic mass is 10.0. The van der Waals surface area contributed by atoms with Gasteiger partial charge in [-0.3, -0.25) is 15.1 Å². The van der Waals surface area contributed by atoms with Crippen molar-refractivity contribution in [2.75, 3.05) is 24.7 Å². The molecule has 1 saturated heterocycles. The van der Waals surface area contributed by atoms with Crippen LogP contribution in [0.4, 0.5) is 11.5 Å².